The molecule has 32 heavy (non-hydrogen) atoms. The van der Waals surface area contributed by atoms with Crippen LogP contribution in [0.2, 0.25) is 0 Å². The number of benzene rings is 1. The van der Waals surface area contributed by atoms with Crippen molar-refractivity contribution in [3.05, 3.63) is 29.8 Å². The third-order valence-corrected chi connectivity index (χ3v) is 6.71. The van der Waals surface area contributed by atoms with E-state index in [1.54, 1.807) is 32.9 Å². The molecule has 2 N–H and O–H groups in total. The highest BCUT2D eigenvalue weighted by atomic mass is 32.2. The number of amides is 2. The zero-order valence-corrected chi connectivity index (χ0v) is 19.8. The lowest BCUT2D eigenvalue weighted by Gasteiger charge is -2.26. The van der Waals surface area contributed by atoms with Crippen LogP contribution < -0.4 is 10.6 Å². The van der Waals surface area contributed by atoms with E-state index < -0.39 is 45.7 Å². The first-order valence-corrected chi connectivity index (χ1v) is 11.7. The van der Waals surface area contributed by atoms with Gasteiger partial charge < -0.3 is 20.1 Å². The predicted molar refractivity (Wildman–Crippen MR) is 116 cm³/mol. The van der Waals surface area contributed by atoms with E-state index in [9.17, 15) is 22.8 Å². The average molecular weight is 470 g/mol. The van der Waals surface area contributed by atoms with Gasteiger partial charge in [0.1, 0.15) is 17.7 Å². The number of methoxy groups -OCH3 is 1. The summed E-state index contributed by atoms with van der Waals surface area (Å²) in [5.41, 5.74) is 0.182. The third-order valence-electron chi connectivity index (χ3n) is 4.79. The number of nitrogens with one attached hydrogen (secondary N) is 2. The minimum absolute atomic E-state index is 0.0962. The quantitative estimate of drug-likeness (QED) is 0.576. The second kappa shape index (κ2) is 10.3. The van der Waals surface area contributed by atoms with Crippen molar-refractivity contribution in [1.82, 2.24) is 14.9 Å². The number of aryl methyl sites for hydroxylation is 1. The maximum absolute atomic E-state index is 13.1. The number of esters is 1. The lowest BCUT2D eigenvalue weighted by molar-refractivity contribution is -0.145. The Labute approximate surface area is 188 Å². The molecule has 2 amide bonds. The fraction of sp³-hybridized carbons (Fsp3) is 0.571. The van der Waals surface area contributed by atoms with E-state index in [0.29, 0.717) is 12.8 Å². The maximum atomic E-state index is 13.1. The zero-order valence-electron chi connectivity index (χ0n) is 19.0. The molecule has 1 saturated heterocycles. The first-order valence-electron chi connectivity index (χ1n) is 10.3. The summed E-state index contributed by atoms with van der Waals surface area (Å²) in [7, 11) is -2.74. The molecule has 1 aliphatic rings. The summed E-state index contributed by atoms with van der Waals surface area (Å²) in [4.78, 5) is 37.0. The van der Waals surface area contributed by atoms with Crippen molar-refractivity contribution in [1.29, 1.82) is 0 Å². The average Bonchev–Trinajstić information content (AvgIpc) is 3.20. The molecule has 2 atom stereocenters. The molecule has 0 bridgehead atoms. The number of ether oxygens (including phenoxy) is 2. The van der Waals surface area contributed by atoms with Gasteiger partial charge in [-0.25, -0.2) is 18.0 Å². The molecule has 1 aromatic rings. The van der Waals surface area contributed by atoms with Crippen LogP contribution >= 0.6 is 0 Å². The molecule has 10 nitrogen and oxygen atoms in total. The highest BCUT2D eigenvalue weighted by Crippen LogP contribution is 2.26. The number of sulfonamides is 1. The van der Waals surface area contributed by atoms with Crippen molar-refractivity contribution in [3.8, 4) is 0 Å². The van der Waals surface area contributed by atoms with Crippen molar-refractivity contribution in [3.63, 3.8) is 0 Å². The van der Waals surface area contributed by atoms with Gasteiger partial charge in [0.25, 0.3) is 0 Å². The van der Waals surface area contributed by atoms with Crippen molar-refractivity contribution in [2.24, 2.45) is 0 Å². The van der Waals surface area contributed by atoms with Gasteiger partial charge in [0, 0.05) is 6.54 Å². The van der Waals surface area contributed by atoms with Crippen molar-refractivity contribution < 1.29 is 32.3 Å². The topological polar surface area (TPSA) is 131 Å². The van der Waals surface area contributed by atoms with Crippen LogP contribution in [0.25, 0.3) is 0 Å². The maximum Gasteiger partial charge on any atom is 0.407 e. The van der Waals surface area contributed by atoms with Gasteiger partial charge in [0.2, 0.25) is 15.9 Å². The summed E-state index contributed by atoms with van der Waals surface area (Å²) in [5, 5.41) is 4.92. The van der Waals surface area contributed by atoms with E-state index in [1.807, 2.05) is 6.92 Å². The number of nitrogens with zero attached hydrogens (tertiary/aromatic N) is 1. The monoisotopic (exact) mass is 469 g/mol. The highest BCUT2D eigenvalue weighted by molar-refractivity contribution is 7.89. The number of rotatable bonds is 7. The highest BCUT2D eigenvalue weighted by Gasteiger charge is 2.40. The normalized spacial score (nSPS) is 18.0. The van der Waals surface area contributed by atoms with Crippen LogP contribution in [0.3, 0.4) is 0 Å². The van der Waals surface area contributed by atoms with E-state index >= 15 is 0 Å². The Morgan fingerprint density at radius 3 is 2.38 bits per heavy atom. The Morgan fingerprint density at radius 1 is 1.19 bits per heavy atom. The first-order chi connectivity index (χ1) is 14.8. The molecule has 1 aliphatic heterocycles. The molecule has 0 aliphatic carbocycles. The van der Waals surface area contributed by atoms with E-state index in [4.69, 9.17) is 9.47 Å². The standard InChI is InChI=1S/C21H31N3O7S/c1-14-8-10-15(11-9-14)32(28,29)24-12-6-7-17(24)18(25)23-16(19(26)30-5)13-22-20(27)31-21(2,3)4/h8-11,16-17H,6-7,12-13H2,1-5H3,(H,22,27)(H,23,25)/t16-,17-/m0/s1. The van der Waals surface area contributed by atoms with Gasteiger partial charge >= 0.3 is 12.1 Å². The molecule has 0 unspecified atom stereocenters. The minimum atomic E-state index is -3.89. The number of hydrogen-bond acceptors (Lipinski definition) is 7. The van der Waals surface area contributed by atoms with E-state index in [2.05, 4.69) is 10.6 Å². The Balaban J connectivity index is 2.11. The van der Waals surface area contributed by atoms with Crippen molar-refractivity contribution >= 4 is 28.0 Å². The van der Waals surface area contributed by atoms with Crippen LogP contribution in [-0.4, -0.2) is 68.6 Å². The first kappa shape index (κ1) is 25.6. The third kappa shape index (κ3) is 6.67. The van der Waals surface area contributed by atoms with Crippen LogP contribution in [0.5, 0.6) is 0 Å². The number of carbonyl (C=O) groups is 3. The SMILES string of the molecule is COC(=O)[C@H](CNC(=O)OC(C)(C)C)NC(=O)[C@@H]1CCCN1S(=O)(=O)c1ccc(C)cc1. The largest absolute Gasteiger partial charge is 0.467 e. The smallest absolute Gasteiger partial charge is 0.407 e. The zero-order chi connectivity index (χ0) is 24.1. The number of hydrogen-bond donors (Lipinski definition) is 2. The summed E-state index contributed by atoms with van der Waals surface area (Å²) < 4.78 is 37.1. The van der Waals surface area contributed by atoms with Crippen LogP contribution in [0, 0.1) is 6.92 Å². The Bertz CT molecular complexity index is 939. The molecule has 11 heteroatoms. The second-order valence-corrected chi connectivity index (χ2v) is 10.4. The summed E-state index contributed by atoms with van der Waals surface area (Å²) in [6.07, 6.45) is 0.0529. The van der Waals surface area contributed by atoms with E-state index in [0.717, 1.165) is 17.0 Å². The van der Waals surface area contributed by atoms with Crippen molar-refractivity contribution in [2.75, 3.05) is 20.2 Å². The van der Waals surface area contributed by atoms with Gasteiger partial charge in [-0.3, -0.25) is 4.79 Å². The Hall–Kier alpha value is -2.66. The molecule has 1 heterocycles. The molecular formula is C21H31N3O7S. The van der Waals surface area contributed by atoms with Crippen LogP contribution in [0.4, 0.5) is 4.79 Å². The molecule has 0 aromatic heterocycles. The molecule has 0 radical (unpaired) electrons. The number of carbonyl (C=O) groups excluding carboxylic acids is 3. The van der Waals surface area contributed by atoms with Crippen LogP contribution in [-0.2, 0) is 29.1 Å². The van der Waals surface area contributed by atoms with Crippen molar-refractivity contribution in [2.45, 2.75) is 63.1 Å². The molecule has 1 fully saturated rings. The van der Waals surface area contributed by atoms with E-state index in [1.165, 1.54) is 12.1 Å². The molecule has 2 rings (SSSR count). The summed E-state index contributed by atoms with van der Waals surface area (Å²) >= 11 is 0. The summed E-state index contributed by atoms with van der Waals surface area (Å²) in [5.74, 6) is -1.42. The molecule has 178 valence electrons. The Kier molecular flexibility index (Phi) is 8.24. The molecule has 1 aromatic carbocycles. The van der Waals surface area contributed by atoms with Gasteiger partial charge in [-0.05, 0) is 52.7 Å². The lowest BCUT2D eigenvalue weighted by Crippen LogP contribution is -2.54. The summed E-state index contributed by atoms with van der Waals surface area (Å²) in [6.45, 7) is 6.83. The molecule has 0 saturated carbocycles. The van der Waals surface area contributed by atoms with Gasteiger partial charge in [0.15, 0.2) is 0 Å². The minimum Gasteiger partial charge on any atom is -0.467 e. The van der Waals surface area contributed by atoms with E-state index in [-0.39, 0.29) is 18.0 Å². The lowest BCUT2D eigenvalue weighted by atomic mass is 10.2. The van der Waals surface area contributed by atoms with Crippen LogP contribution in [0.15, 0.2) is 29.2 Å². The number of alkyl carbamates (subject to hydrolysis) is 1. The van der Waals surface area contributed by atoms with Gasteiger partial charge in [-0.1, -0.05) is 17.7 Å². The molecular weight excluding hydrogens is 438 g/mol. The second-order valence-electron chi connectivity index (χ2n) is 8.55. The van der Waals surface area contributed by atoms with Gasteiger partial charge in [-0.15, -0.1) is 0 Å². The van der Waals surface area contributed by atoms with Gasteiger partial charge in [-0.2, -0.15) is 4.31 Å². The summed E-state index contributed by atoms with van der Waals surface area (Å²) in [6, 6.07) is 4.20. The van der Waals surface area contributed by atoms with Crippen LogP contribution in [0.1, 0.15) is 39.2 Å². The molecule has 0 spiro atoms. The predicted octanol–water partition coefficient (Wildman–Crippen LogP) is 1.33. The van der Waals surface area contributed by atoms with Gasteiger partial charge in [0.05, 0.1) is 18.6 Å². The fourth-order valence-corrected chi connectivity index (χ4v) is 4.89. The Morgan fingerprint density at radius 2 is 1.81 bits per heavy atom. The fourth-order valence-electron chi connectivity index (χ4n) is 3.24.